The Balaban J connectivity index is 1.59. The number of hydrogen-bond donors (Lipinski definition) is 1. The van der Waals surface area contributed by atoms with Crippen LogP contribution in [0.4, 0.5) is 0 Å². The van der Waals surface area contributed by atoms with Gasteiger partial charge in [0.15, 0.2) is 0 Å². The van der Waals surface area contributed by atoms with E-state index in [-0.39, 0.29) is 12.0 Å². The minimum atomic E-state index is -1.20. The molecule has 2 aromatic carbocycles. The number of carbonyl (C=O) groups is 1. The lowest BCUT2D eigenvalue weighted by atomic mass is 10.1. The molecule has 0 aliphatic rings. The van der Waals surface area contributed by atoms with E-state index in [1.165, 1.54) is 0 Å². The summed E-state index contributed by atoms with van der Waals surface area (Å²) in [6.07, 6.45) is 0.963. The SMILES string of the molecule is Cc1ccc([S@@](=O)Cc2nc(-c3ccc(C(=O)NCCCOC(C)C)cc3)oc2C)cc1. The van der Waals surface area contributed by atoms with Crippen LogP contribution in [0.15, 0.2) is 57.8 Å². The molecule has 6 nitrogen and oxygen atoms in total. The maximum absolute atomic E-state index is 12.7. The van der Waals surface area contributed by atoms with Crippen LogP contribution < -0.4 is 5.32 Å². The first kappa shape index (κ1) is 23.9. The van der Waals surface area contributed by atoms with Gasteiger partial charge in [0.05, 0.1) is 28.4 Å². The molecule has 0 spiro atoms. The lowest BCUT2D eigenvalue weighted by Crippen LogP contribution is -2.25. The van der Waals surface area contributed by atoms with Crippen LogP contribution in [-0.2, 0) is 21.3 Å². The number of ether oxygens (including phenoxy) is 1. The minimum Gasteiger partial charge on any atom is -0.441 e. The summed E-state index contributed by atoms with van der Waals surface area (Å²) in [5.74, 6) is 1.26. The largest absolute Gasteiger partial charge is 0.441 e. The van der Waals surface area contributed by atoms with Gasteiger partial charge < -0.3 is 14.5 Å². The van der Waals surface area contributed by atoms with Gasteiger partial charge in [-0.25, -0.2) is 4.98 Å². The van der Waals surface area contributed by atoms with E-state index in [9.17, 15) is 9.00 Å². The summed E-state index contributed by atoms with van der Waals surface area (Å²) in [7, 11) is -1.20. The van der Waals surface area contributed by atoms with Gasteiger partial charge in [0.25, 0.3) is 5.91 Å². The second-order valence-electron chi connectivity index (χ2n) is 7.93. The maximum atomic E-state index is 12.7. The van der Waals surface area contributed by atoms with E-state index in [1.807, 2.05) is 64.1 Å². The smallest absolute Gasteiger partial charge is 0.251 e. The van der Waals surface area contributed by atoms with E-state index in [0.717, 1.165) is 22.4 Å². The molecule has 0 saturated carbocycles. The summed E-state index contributed by atoms with van der Waals surface area (Å²) < 4.78 is 24.0. The van der Waals surface area contributed by atoms with Crippen molar-refractivity contribution in [3.8, 4) is 11.5 Å². The summed E-state index contributed by atoms with van der Waals surface area (Å²) >= 11 is 0. The van der Waals surface area contributed by atoms with Gasteiger partial charge >= 0.3 is 0 Å². The molecule has 0 fully saturated rings. The van der Waals surface area contributed by atoms with Gasteiger partial charge in [0, 0.05) is 29.2 Å². The van der Waals surface area contributed by atoms with Gasteiger partial charge in [-0.1, -0.05) is 17.7 Å². The molecule has 1 amide bonds. The van der Waals surface area contributed by atoms with E-state index >= 15 is 0 Å². The number of nitrogens with zero attached hydrogens (tertiary/aromatic N) is 1. The molecule has 1 aromatic heterocycles. The number of oxazole rings is 1. The van der Waals surface area contributed by atoms with Crippen molar-refractivity contribution < 1.29 is 18.2 Å². The molecular formula is C25H30N2O4S. The highest BCUT2D eigenvalue weighted by Crippen LogP contribution is 2.24. The van der Waals surface area contributed by atoms with Crippen molar-refractivity contribution in [2.24, 2.45) is 0 Å². The first-order valence-corrected chi connectivity index (χ1v) is 12.1. The third-order valence-electron chi connectivity index (χ3n) is 4.90. The number of amides is 1. The van der Waals surface area contributed by atoms with Crippen molar-refractivity contribution in [1.29, 1.82) is 0 Å². The van der Waals surface area contributed by atoms with Crippen molar-refractivity contribution in [3.05, 3.63) is 71.1 Å². The second-order valence-corrected chi connectivity index (χ2v) is 9.38. The summed E-state index contributed by atoms with van der Waals surface area (Å²) in [4.78, 5) is 17.6. The minimum absolute atomic E-state index is 0.126. The molecule has 32 heavy (non-hydrogen) atoms. The Kier molecular flexibility index (Phi) is 8.36. The standard InChI is InChI=1S/C25H30N2O4S/c1-17(2)30-15-5-14-26-24(28)20-8-10-21(11-9-20)25-27-23(19(4)31-25)16-32(29)22-12-6-18(3)7-13-22/h6-13,17H,5,14-16H2,1-4H3,(H,26,28)/t32-/m0/s1. The molecule has 7 heteroatoms. The van der Waals surface area contributed by atoms with Crippen molar-refractivity contribution in [2.45, 2.75) is 50.9 Å². The number of benzene rings is 2. The van der Waals surface area contributed by atoms with E-state index in [0.29, 0.717) is 41.8 Å². The molecule has 0 bridgehead atoms. The van der Waals surface area contributed by atoms with Gasteiger partial charge in [-0.05, 0) is 70.5 Å². The van der Waals surface area contributed by atoms with E-state index in [1.54, 1.807) is 12.1 Å². The molecule has 0 saturated heterocycles. The molecule has 0 radical (unpaired) electrons. The lowest BCUT2D eigenvalue weighted by Gasteiger charge is -2.08. The van der Waals surface area contributed by atoms with Gasteiger partial charge in [-0.3, -0.25) is 9.00 Å². The molecule has 1 atom stereocenters. The molecule has 0 aliphatic carbocycles. The number of hydrogen-bond acceptors (Lipinski definition) is 5. The molecule has 1 heterocycles. The number of aromatic nitrogens is 1. The van der Waals surface area contributed by atoms with Gasteiger partial charge in [0.1, 0.15) is 5.76 Å². The zero-order valence-corrected chi connectivity index (χ0v) is 19.8. The third kappa shape index (κ3) is 6.61. The molecule has 170 valence electrons. The van der Waals surface area contributed by atoms with E-state index in [4.69, 9.17) is 9.15 Å². The summed E-state index contributed by atoms with van der Waals surface area (Å²) in [6.45, 7) is 8.98. The zero-order chi connectivity index (χ0) is 23.1. The van der Waals surface area contributed by atoms with Crippen molar-refractivity contribution in [3.63, 3.8) is 0 Å². The van der Waals surface area contributed by atoms with Crippen LogP contribution in [0.25, 0.3) is 11.5 Å². The first-order valence-electron chi connectivity index (χ1n) is 10.7. The lowest BCUT2D eigenvalue weighted by molar-refractivity contribution is 0.0757. The number of nitrogens with one attached hydrogen (secondary N) is 1. The average Bonchev–Trinajstić information content (AvgIpc) is 3.13. The fraction of sp³-hybridized carbons (Fsp3) is 0.360. The maximum Gasteiger partial charge on any atom is 0.251 e. The fourth-order valence-electron chi connectivity index (χ4n) is 3.04. The Labute approximate surface area is 191 Å². The molecule has 1 N–H and O–H groups in total. The van der Waals surface area contributed by atoms with Crippen LogP contribution in [0.1, 0.15) is 47.6 Å². The summed E-state index contributed by atoms with van der Waals surface area (Å²) in [5.41, 5.74) is 3.14. The van der Waals surface area contributed by atoms with Crippen LogP contribution in [0.3, 0.4) is 0 Å². The molecule has 0 aliphatic heterocycles. The Morgan fingerprint density at radius 1 is 1.09 bits per heavy atom. The Morgan fingerprint density at radius 3 is 2.44 bits per heavy atom. The second kappa shape index (κ2) is 11.2. The molecular weight excluding hydrogens is 424 g/mol. The number of rotatable bonds is 10. The average molecular weight is 455 g/mol. The molecule has 3 rings (SSSR count). The van der Waals surface area contributed by atoms with Crippen LogP contribution in [0.2, 0.25) is 0 Å². The van der Waals surface area contributed by atoms with Gasteiger partial charge in [-0.15, -0.1) is 0 Å². The highest BCUT2D eigenvalue weighted by molar-refractivity contribution is 7.84. The predicted molar refractivity (Wildman–Crippen MR) is 126 cm³/mol. The van der Waals surface area contributed by atoms with Gasteiger partial charge in [0.2, 0.25) is 5.89 Å². The highest BCUT2D eigenvalue weighted by atomic mass is 32.2. The zero-order valence-electron chi connectivity index (χ0n) is 19.0. The Morgan fingerprint density at radius 2 is 1.78 bits per heavy atom. The van der Waals surface area contributed by atoms with Crippen molar-refractivity contribution in [2.75, 3.05) is 13.2 Å². The fourth-order valence-corrected chi connectivity index (χ4v) is 4.16. The van der Waals surface area contributed by atoms with Crippen molar-refractivity contribution >= 4 is 16.7 Å². The van der Waals surface area contributed by atoms with Crippen LogP contribution in [-0.4, -0.2) is 34.4 Å². The van der Waals surface area contributed by atoms with E-state index in [2.05, 4.69) is 10.3 Å². The van der Waals surface area contributed by atoms with Crippen LogP contribution in [0.5, 0.6) is 0 Å². The topological polar surface area (TPSA) is 81.4 Å². The van der Waals surface area contributed by atoms with E-state index < -0.39 is 10.8 Å². The van der Waals surface area contributed by atoms with Crippen LogP contribution >= 0.6 is 0 Å². The molecule has 0 unspecified atom stereocenters. The first-order chi connectivity index (χ1) is 15.3. The predicted octanol–water partition coefficient (Wildman–Crippen LogP) is 4.81. The highest BCUT2D eigenvalue weighted by Gasteiger charge is 2.15. The number of carbonyl (C=O) groups excluding carboxylic acids is 1. The van der Waals surface area contributed by atoms with Crippen molar-refractivity contribution in [1.82, 2.24) is 10.3 Å². The summed E-state index contributed by atoms with van der Waals surface area (Å²) in [6, 6.07) is 14.8. The van der Waals surface area contributed by atoms with Crippen LogP contribution in [0, 0.1) is 13.8 Å². The Bertz CT molecular complexity index is 1060. The monoisotopic (exact) mass is 454 g/mol. The van der Waals surface area contributed by atoms with Gasteiger partial charge in [-0.2, -0.15) is 0 Å². The summed E-state index contributed by atoms with van der Waals surface area (Å²) in [5, 5.41) is 2.89. The number of aryl methyl sites for hydroxylation is 2. The third-order valence-corrected chi connectivity index (χ3v) is 6.23. The molecule has 3 aromatic rings. The normalized spacial score (nSPS) is 12.2. The quantitative estimate of drug-likeness (QED) is 0.445. The Hall–Kier alpha value is -2.77.